The Kier molecular flexibility index (Phi) is 3.82. The summed E-state index contributed by atoms with van der Waals surface area (Å²) in [7, 11) is 1.71. The van der Waals surface area contributed by atoms with Crippen molar-refractivity contribution in [2.45, 2.75) is 13.0 Å². The first-order chi connectivity index (χ1) is 10.4. The van der Waals surface area contributed by atoms with Crippen LogP contribution in [0.1, 0.15) is 16.2 Å². The fourth-order valence-corrected chi connectivity index (χ4v) is 2.57. The van der Waals surface area contributed by atoms with Crippen LogP contribution < -0.4 is 10.3 Å². The molecule has 22 heavy (non-hydrogen) atoms. The number of rotatable bonds is 3. The van der Waals surface area contributed by atoms with Crippen molar-refractivity contribution in [1.82, 2.24) is 9.47 Å². The van der Waals surface area contributed by atoms with Crippen molar-refractivity contribution in [1.29, 1.82) is 0 Å². The van der Waals surface area contributed by atoms with E-state index in [0.29, 0.717) is 29.3 Å². The monoisotopic (exact) mass is 366 g/mol. The smallest absolute Gasteiger partial charge is 0.289 e. The summed E-state index contributed by atoms with van der Waals surface area (Å²) in [5.74, 6) is 0.680. The molecule has 0 N–H and O–H groups in total. The van der Waals surface area contributed by atoms with E-state index in [2.05, 4.69) is 15.9 Å². The maximum absolute atomic E-state index is 12.1. The zero-order valence-electron chi connectivity index (χ0n) is 12.2. The number of amides is 1. The summed E-state index contributed by atoms with van der Waals surface area (Å²) in [5.41, 5.74) is 0.720. The lowest BCUT2D eigenvalue weighted by Crippen LogP contribution is -2.56. The van der Waals surface area contributed by atoms with Gasteiger partial charge < -0.3 is 18.6 Å². The summed E-state index contributed by atoms with van der Waals surface area (Å²) < 4.78 is 13.1. The van der Waals surface area contributed by atoms with Gasteiger partial charge in [0.15, 0.2) is 10.4 Å². The average molecular weight is 367 g/mol. The zero-order valence-corrected chi connectivity index (χ0v) is 13.8. The molecule has 0 radical (unpaired) electrons. The SMILES string of the molecule is Cc1cc(OC2CN(C(=O)c3ccc(Br)o3)C2)cc(=O)n1C. The van der Waals surface area contributed by atoms with Gasteiger partial charge in [0.2, 0.25) is 0 Å². The Morgan fingerprint density at radius 1 is 1.36 bits per heavy atom. The highest BCUT2D eigenvalue weighted by Crippen LogP contribution is 2.21. The van der Waals surface area contributed by atoms with Crippen LogP contribution in [-0.4, -0.2) is 34.6 Å². The third-order valence-corrected chi connectivity index (χ3v) is 4.12. The molecule has 1 amide bonds. The minimum absolute atomic E-state index is 0.103. The van der Waals surface area contributed by atoms with Crippen LogP contribution in [0.2, 0.25) is 0 Å². The molecule has 1 aliphatic heterocycles. The molecule has 1 fully saturated rings. The number of furan rings is 1. The Hall–Kier alpha value is -2.02. The highest BCUT2D eigenvalue weighted by atomic mass is 79.9. The predicted octanol–water partition coefficient (Wildman–Crippen LogP) is 1.95. The van der Waals surface area contributed by atoms with E-state index in [1.807, 2.05) is 13.0 Å². The number of hydrogen-bond acceptors (Lipinski definition) is 4. The van der Waals surface area contributed by atoms with E-state index in [9.17, 15) is 9.59 Å². The number of aryl methyl sites for hydroxylation is 1. The standard InChI is InChI=1S/C15H15BrN2O4/c1-9-5-10(6-14(19)17(9)2)21-11-7-18(8-11)15(20)12-3-4-13(16)22-12/h3-6,11H,7-8H2,1-2H3. The number of ether oxygens (including phenoxy) is 1. The van der Waals surface area contributed by atoms with Gasteiger partial charge in [-0.15, -0.1) is 0 Å². The number of pyridine rings is 1. The van der Waals surface area contributed by atoms with Crippen molar-refractivity contribution >= 4 is 21.8 Å². The summed E-state index contributed by atoms with van der Waals surface area (Å²) >= 11 is 3.17. The number of hydrogen-bond donors (Lipinski definition) is 0. The lowest BCUT2D eigenvalue weighted by molar-refractivity contribution is 0.0153. The van der Waals surface area contributed by atoms with Crippen LogP contribution in [0.4, 0.5) is 0 Å². The first-order valence-corrected chi connectivity index (χ1v) is 7.62. The molecule has 2 aromatic rings. The van der Waals surface area contributed by atoms with Gasteiger partial charge in [0.1, 0.15) is 11.9 Å². The van der Waals surface area contributed by atoms with Crippen molar-refractivity contribution in [2.75, 3.05) is 13.1 Å². The number of carbonyl (C=O) groups is 1. The van der Waals surface area contributed by atoms with E-state index < -0.39 is 0 Å². The van der Waals surface area contributed by atoms with Gasteiger partial charge in [0, 0.05) is 18.8 Å². The lowest BCUT2D eigenvalue weighted by atomic mass is 10.1. The van der Waals surface area contributed by atoms with Gasteiger partial charge in [-0.1, -0.05) is 0 Å². The molecule has 0 saturated carbocycles. The molecule has 2 aromatic heterocycles. The van der Waals surface area contributed by atoms with Crippen LogP contribution in [0.25, 0.3) is 0 Å². The fraction of sp³-hybridized carbons (Fsp3) is 0.333. The van der Waals surface area contributed by atoms with Gasteiger partial charge in [-0.05, 0) is 41.1 Å². The van der Waals surface area contributed by atoms with Gasteiger partial charge in [-0.3, -0.25) is 9.59 Å². The van der Waals surface area contributed by atoms with E-state index in [0.717, 1.165) is 5.69 Å². The number of halogens is 1. The number of likely N-dealkylation sites (tertiary alicyclic amines) is 1. The second-order valence-electron chi connectivity index (χ2n) is 5.28. The molecule has 0 atom stereocenters. The van der Waals surface area contributed by atoms with Crippen molar-refractivity contribution < 1.29 is 13.9 Å². The van der Waals surface area contributed by atoms with E-state index >= 15 is 0 Å². The van der Waals surface area contributed by atoms with Crippen molar-refractivity contribution in [3.05, 3.63) is 50.7 Å². The Morgan fingerprint density at radius 3 is 2.68 bits per heavy atom. The normalized spacial score (nSPS) is 14.8. The predicted molar refractivity (Wildman–Crippen MR) is 83.1 cm³/mol. The number of nitrogens with zero attached hydrogens (tertiary/aromatic N) is 2. The summed E-state index contributed by atoms with van der Waals surface area (Å²) in [5, 5.41) is 0. The first-order valence-electron chi connectivity index (χ1n) is 6.83. The van der Waals surface area contributed by atoms with Gasteiger partial charge in [-0.2, -0.15) is 0 Å². The fourth-order valence-electron chi connectivity index (χ4n) is 2.26. The van der Waals surface area contributed by atoms with E-state index in [-0.39, 0.29) is 17.6 Å². The Labute approximate surface area is 135 Å². The molecule has 0 spiro atoms. The number of aromatic nitrogens is 1. The molecule has 1 saturated heterocycles. The Morgan fingerprint density at radius 2 is 2.09 bits per heavy atom. The molecular formula is C15H15BrN2O4. The summed E-state index contributed by atoms with van der Waals surface area (Å²) in [4.78, 5) is 25.4. The van der Waals surface area contributed by atoms with Crippen molar-refractivity contribution in [3.63, 3.8) is 0 Å². The first kappa shape index (κ1) is 14.9. The largest absolute Gasteiger partial charge is 0.486 e. The molecule has 3 rings (SSSR count). The molecule has 116 valence electrons. The van der Waals surface area contributed by atoms with Gasteiger partial charge in [0.25, 0.3) is 11.5 Å². The molecule has 6 nitrogen and oxygen atoms in total. The third kappa shape index (κ3) is 2.81. The maximum atomic E-state index is 12.1. The molecule has 7 heteroatoms. The van der Waals surface area contributed by atoms with Gasteiger partial charge in [-0.25, -0.2) is 0 Å². The average Bonchev–Trinajstić information content (AvgIpc) is 2.85. The van der Waals surface area contributed by atoms with Crippen LogP contribution in [-0.2, 0) is 7.05 Å². The number of carbonyl (C=O) groups excluding carboxylic acids is 1. The quantitative estimate of drug-likeness (QED) is 0.832. The Balaban J connectivity index is 1.60. The Bertz CT molecular complexity index is 774. The van der Waals surface area contributed by atoms with Crippen LogP contribution >= 0.6 is 15.9 Å². The zero-order chi connectivity index (χ0) is 15.9. The van der Waals surface area contributed by atoms with Crippen LogP contribution in [0.3, 0.4) is 0 Å². The van der Waals surface area contributed by atoms with Crippen LogP contribution in [0.5, 0.6) is 5.75 Å². The molecule has 0 unspecified atom stereocenters. The molecule has 0 aliphatic carbocycles. The topological polar surface area (TPSA) is 64.7 Å². The summed E-state index contributed by atoms with van der Waals surface area (Å²) in [6.07, 6.45) is -0.103. The van der Waals surface area contributed by atoms with Gasteiger partial charge >= 0.3 is 0 Å². The highest BCUT2D eigenvalue weighted by molar-refractivity contribution is 9.10. The summed E-state index contributed by atoms with van der Waals surface area (Å²) in [6.45, 7) is 2.80. The van der Waals surface area contributed by atoms with Crippen molar-refractivity contribution in [2.24, 2.45) is 7.05 Å². The maximum Gasteiger partial charge on any atom is 0.289 e. The minimum atomic E-state index is -0.161. The van der Waals surface area contributed by atoms with Crippen molar-refractivity contribution in [3.8, 4) is 5.75 Å². The third-order valence-electron chi connectivity index (χ3n) is 3.70. The molecule has 0 bridgehead atoms. The highest BCUT2D eigenvalue weighted by Gasteiger charge is 2.34. The molecule has 0 aromatic carbocycles. The van der Waals surface area contributed by atoms with Crippen LogP contribution in [0, 0.1) is 6.92 Å². The van der Waals surface area contributed by atoms with E-state index in [4.69, 9.17) is 9.15 Å². The second kappa shape index (κ2) is 5.64. The van der Waals surface area contributed by atoms with E-state index in [1.54, 1.807) is 28.6 Å². The molecule has 1 aliphatic rings. The van der Waals surface area contributed by atoms with Crippen LogP contribution in [0.15, 0.2) is 38.1 Å². The second-order valence-corrected chi connectivity index (χ2v) is 6.07. The minimum Gasteiger partial charge on any atom is -0.486 e. The molecule has 3 heterocycles. The lowest BCUT2D eigenvalue weighted by Gasteiger charge is -2.38. The van der Waals surface area contributed by atoms with Gasteiger partial charge in [0.05, 0.1) is 13.1 Å². The molecular weight excluding hydrogens is 352 g/mol. The summed E-state index contributed by atoms with van der Waals surface area (Å²) in [6, 6.07) is 6.59. The van der Waals surface area contributed by atoms with E-state index in [1.165, 1.54) is 6.07 Å².